The maximum atomic E-state index is 12.5. The highest BCUT2D eigenvalue weighted by Crippen LogP contribution is 2.19. The summed E-state index contributed by atoms with van der Waals surface area (Å²) in [6.45, 7) is 6.90. The van der Waals surface area contributed by atoms with Gasteiger partial charge in [-0.2, -0.15) is 0 Å². The van der Waals surface area contributed by atoms with E-state index in [1.807, 2.05) is 12.1 Å². The molecule has 1 fully saturated rings. The Morgan fingerprint density at radius 3 is 2.90 bits per heavy atom. The molecular weight excluding hydrogens is 282 g/mol. The summed E-state index contributed by atoms with van der Waals surface area (Å²) in [4.78, 5) is 0. The van der Waals surface area contributed by atoms with Gasteiger partial charge in [0.2, 0.25) is 0 Å². The van der Waals surface area contributed by atoms with Gasteiger partial charge in [-0.1, -0.05) is 31.2 Å². The first-order valence-electron chi connectivity index (χ1n) is 7.91. The predicted octanol–water partition coefficient (Wildman–Crippen LogP) is 2.65. The number of nitrogens with one attached hydrogen (secondary N) is 1. The number of benzene rings is 1. The van der Waals surface area contributed by atoms with E-state index >= 15 is 0 Å². The van der Waals surface area contributed by atoms with Gasteiger partial charge in [0.15, 0.2) is 0 Å². The molecule has 1 aromatic rings. The zero-order valence-electron chi connectivity index (χ0n) is 13.1. The molecule has 0 radical (unpaired) electrons. The van der Waals surface area contributed by atoms with Crippen molar-refractivity contribution < 1.29 is 8.95 Å². The standard InChI is InChI=1S/C17H27NO2S/c1-3-9-18-17(15-8-10-20-11-15)13-21(19)12-16-7-5-4-6-14(16)2/h4-7,15,17-18H,3,8-13H2,1-2H3. The number of hydrogen-bond donors (Lipinski definition) is 1. The fourth-order valence-corrected chi connectivity index (χ4v) is 4.35. The third-order valence-corrected chi connectivity index (χ3v) is 5.50. The van der Waals surface area contributed by atoms with Gasteiger partial charge in [-0.05, 0) is 37.4 Å². The van der Waals surface area contributed by atoms with Crippen LogP contribution in [0.25, 0.3) is 0 Å². The quantitative estimate of drug-likeness (QED) is 0.802. The molecule has 3 nitrogen and oxygen atoms in total. The lowest BCUT2D eigenvalue weighted by Gasteiger charge is -2.23. The zero-order chi connectivity index (χ0) is 15.1. The normalized spacial score (nSPS) is 21.3. The Bertz CT molecular complexity index is 458. The molecule has 0 aromatic heterocycles. The van der Waals surface area contributed by atoms with Gasteiger partial charge < -0.3 is 10.1 Å². The Labute approximate surface area is 130 Å². The summed E-state index contributed by atoms with van der Waals surface area (Å²) in [5, 5.41) is 3.57. The first-order valence-corrected chi connectivity index (χ1v) is 9.40. The average molecular weight is 309 g/mol. The lowest BCUT2D eigenvalue weighted by molar-refractivity contribution is 0.179. The second-order valence-electron chi connectivity index (χ2n) is 5.86. The first-order chi connectivity index (χ1) is 10.2. The largest absolute Gasteiger partial charge is 0.381 e. The van der Waals surface area contributed by atoms with Crippen molar-refractivity contribution in [1.29, 1.82) is 0 Å². The summed E-state index contributed by atoms with van der Waals surface area (Å²) in [6.07, 6.45) is 2.19. The van der Waals surface area contributed by atoms with Crippen LogP contribution in [-0.2, 0) is 21.3 Å². The zero-order valence-corrected chi connectivity index (χ0v) is 14.0. The molecule has 1 heterocycles. The maximum absolute atomic E-state index is 12.5. The van der Waals surface area contributed by atoms with Crippen molar-refractivity contribution in [1.82, 2.24) is 5.32 Å². The average Bonchev–Trinajstić information content (AvgIpc) is 3.00. The van der Waals surface area contributed by atoms with Crippen molar-refractivity contribution in [3.8, 4) is 0 Å². The second-order valence-corrected chi connectivity index (χ2v) is 7.36. The second kappa shape index (κ2) is 8.66. The molecule has 0 saturated carbocycles. The maximum Gasteiger partial charge on any atom is 0.0510 e. The number of ether oxygens (including phenoxy) is 1. The summed E-state index contributed by atoms with van der Waals surface area (Å²) < 4.78 is 18.0. The predicted molar refractivity (Wildman–Crippen MR) is 88.9 cm³/mol. The first kappa shape index (κ1) is 16.7. The van der Waals surface area contributed by atoms with Crippen molar-refractivity contribution in [2.24, 2.45) is 5.92 Å². The Kier molecular flexibility index (Phi) is 6.87. The number of aryl methyl sites for hydroxylation is 1. The summed E-state index contributed by atoms with van der Waals surface area (Å²) in [6, 6.07) is 8.54. The molecule has 2 rings (SSSR count). The van der Waals surface area contributed by atoms with Crippen LogP contribution in [0.3, 0.4) is 0 Å². The van der Waals surface area contributed by atoms with Gasteiger partial charge in [-0.25, -0.2) is 0 Å². The number of rotatable bonds is 8. The van der Waals surface area contributed by atoms with Crippen molar-refractivity contribution in [3.05, 3.63) is 35.4 Å². The molecule has 3 atom stereocenters. The van der Waals surface area contributed by atoms with Gasteiger partial charge in [-0.15, -0.1) is 0 Å². The van der Waals surface area contributed by atoms with E-state index in [4.69, 9.17) is 4.74 Å². The molecule has 0 amide bonds. The van der Waals surface area contributed by atoms with E-state index in [0.29, 0.717) is 17.7 Å². The van der Waals surface area contributed by atoms with E-state index in [-0.39, 0.29) is 0 Å². The Balaban J connectivity index is 1.92. The molecule has 1 aliphatic heterocycles. The minimum atomic E-state index is -0.829. The summed E-state index contributed by atoms with van der Waals surface area (Å²) in [5.74, 6) is 1.89. The Morgan fingerprint density at radius 2 is 2.24 bits per heavy atom. The monoisotopic (exact) mass is 309 g/mol. The highest BCUT2D eigenvalue weighted by Gasteiger charge is 2.26. The molecule has 1 N–H and O–H groups in total. The molecular formula is C17H27NO2S. The van der Waals surface area contributed by atoms with Crippen LogP contribution in [0.15, 0.2) is 24.3 Å². The van der Waals surface area contributed by atoms with Crippen LogP contribution in [0.4, 0.5) is 0 Å². The smallest absolute Gasteiger partial charge is 0.0510 e. The number of hydrogen-bond acceptors (Lipinski definition) is 3. The highest BCUT2D eigenvalue weighted by atomic mass is 32.2. The van der Waals surface area contributed by atoms with E-state index in [2.05, 4.69) is 31.3 Å². The van der Waals surface area contributed by atoms with Crippen molar-refractivity contribution in [2.45, 2.75) is 38.5 Å². The minimum absolute atomic E-state index is 0.317. The molecule has 4 heteroatoms. The summed E-state index contributed by atoms with van der Waals surface area (Å²) in [7, 11) is -0.829. The fourth-order valence-electron chi connectivity index (χ4n) is 2.77. The SMILES string of the molecule is CCCNC(CS(=O)Cc1ccccc1C)C1CCOC1. The Hall–Kier alpha value is -0.710. The lowest BCUT2D eigenvalue weighted by Crippen LogP contribution is -2.41. The van der Waals surface area contributed by atoms with Crippen LogP contribution in [0.1, 0.15) is 30.9 Å². The fraction of sp³-hybridized carbons (Fsp3) is 0.647. The summed E-state index contributed by atoms with van der Waals surface area (Å²) in [5.41, 5.74) is 2.43. The molecule has 21 heavy (non-hydrogen) atoms. The van der Waals surface area contributed by atoms with Gasteiger partial charge in [0, 0.05) is 40.9 Å². The lowest BCUT2D eigenvalue weighted by atomic mass is 10.0. The van der Waals surface area contributed by atoms with Gasteiger partial charge in [0.25, 0.3) is 0 Å². The van der Waals surface area contributed by atoms with E-state index in [9.17, 15) is 4.21 Å². The van der Waals surface area contributed by atoms with Crippen LogP contribution in [0.5, 0.6) is 0 Å². The molecule has 3 unspecified atom stereocenters. The van der Waals surface area contributed by atoms with E-state index in [1.165, 1.54) is 11.1 Å². The molecule has 1 aromatic carbocycles. The third kappa shape index (κ3) is 5.20. The van der Waals surface area contributed by atoms with E-state index in [0.717, 1.165) is 38.4 Å². The van der Waals surface area contributed by atoms with Gasteiger partial charge >= 0.3 is 0 Å². The highest BCUT2D eigenvalue weighted by molar-refractivity contribution is 7.84. The van der Waals surface area contributed by atoms with Crippen LogP contribution < -0.4 is 5.32 Å². The minimum Gasteiger partial charge on any atom is -0.381 e. The summed E-state index contributed by atoms with van der Waals surface area (Å²) >= 11 is 0. The van der Waals surface area contributed by atoms with Crippen LogP contribution in [-0.4, -0.2) is 35.8 Å². The van der Waals surface area contributed by atoms with Gasteiger partial charge in [0.05, 0.1) is 6.61 Å². The van der Waals surface area contributed by atoms with Crippen LogP contribution in [0, 0.1) is 12.8 Å². The van der Waals surface area contributed by atoms with Gasteiger partial charge in [0.1, 0.15) is 0 Å². The third-order valence-electron chi connectivity index (χ3n) is 4.13. The van der Waals surface area contributed by atoms with Crippen LogP contribution >= 0.6 is 0 Å². The van der Waals surface area contributed by atoms with Gasteiger partial charge in [-0.3, -0.25) is 4.21 Å². The van der Waals surface area contributed by atoms with Crippen molar-refractivity contribution in [3.63, 3.8) is 0 Å². The molecule has 0 aliphatic carbocycles. The van der Waals surface area contributed by atoms with Crippen LogP contribution in [0.2, 0.25) is 0 Å². The van der Waals surface area contributed by atoms with E-state index in [1.54, 1.807) is 0 Å². The molecule has 1 saturated heterocycles. The van der Waals surface area contributed by atoms with Crippen molar-refractivity contribution in [2.75, 3.05) is 25.5 Å². The van der Waals surface area contributed by atoms with E-state index < -0.39 is 10.8 Å². The molecule has 0 spiro atoms. The topological polar surface area (TPSA) is 38.3 Å². The molecule has 1 aliphatic rings. The van der Waals surface area contributed by atoms with Crippen molar-refractivity contribution >= 4 is 10.8 Å². The molecule has 118 valence electrons. The molecule has 0 bridgehead atoms. The Morgan fingerprint density at radius 1 is 1.43 bits per heavy atom.